The minimum Gasteiger partial charge on any atom is -0.320 e. The van der Waals surface area contributed by atoms with Gasteiger partial charge in [-0.15, -0.1) is 0 Å². The molecule has 0 bridgehead atoms. The van der Waals surface area contributed by atoms with E-state index in [1.54, 1.807) is 16.8 Å². The van der Waals surface area contributed by atoms with Crippen LogP contribution >= 0.6 is 15.9 Å². The highest BCUT2D eigenvalue weighted by Crippen LogP contribution is 2.25. The molecule has 0 saturated heterocycles. The van der Waals surface area contributed by atoms with Gasteiger partial charge in [-0.1, -0.05) is 12.1 Å². The Labute approximate surface area is 165 Å². The second kappa shape index (κ2) is 7.26. The van der Waals surface area contributed by atoms with Gasteiger partial charge in [0.25, 0.3) is 5.91 Å². The van der Waals surface area contributed by atoms with Gasteiger partial charge >= 0.3 is 0 Å². The summed E-state index contributed by atoms with van der Waals surface area (Å²) in [4.78, 5) is 12.6. The predicted octanol–water partition coefficient (Wildman–Crippen LogP) is 3.15. The number of carbonyl (C=O) groups excluding carboxylic acids is 1. The molecular weight excluding hydrogens is 432 g/mol. The van der Waals surface area contributed by atoms with E-state index in [4.69, 9.17) is 5.14 Å². The molecule has 3 N–H and O–H groups in total. The zero-order valence-corrected chi connectivity index (χ0v) is 17.0. The number of carbonyl (C=O) groups is 1. The highest BCUT2D eigenvalue weighted by atomic mass is 79.9. The lowest BCUT2D eigenvalue weighted by Crippen LogP contribution is -2.17. The van der Waals surface area contributed by atoms with Crippen molar-refractivity contribution in [1.29, 1.82) is 0 Å². The molecule has 0 aliphatic carbocycles. The molecule has 0 radical (unpaired) electrons. The maximum atomic E-state index is 12.8. The van der Waals surface area contributed by atoms with Crippen LogP contribution in [0.2, 0.25) is 0 Å². The number of hydrogen-bond acceptors (Lipinski definition) is 4. The fourth-order valence-electron chi connectivity index (χ4n) is 2.68. The minimum atomic E-state index is -3.92. The molecule has 27 heavy (non-hydrogen) atoms. The van der Waals surface area contributed by atoms with E-state index in [9.17, 15) is 13.2 Å². The number of nitrogens with one attached hydrogen (secondary N) is 1. The first-order chi connectivity index (χ1) is 12.7. The van der Waals surface area contributed by atoms with Crippen molar-refractivity contribution in [2.75, 3.05) is 5.32 Å². The Balaban J connectivity index is 2.00. The van der Waals surface area contributed by atoms with Gasteiger partial charge in [-0.25, -0.2) is 18.2 Å². The molecule has 1 amide bonds. The zero-order chi connectivity index (χ0) is 19.8. The van der Waals surface area contributed by atoms with Crippen LogP contribution in [-0.4, -0.2) is 24.1 Å². The highest BCUT2D eigenvalue weighted by Gasteiger charge is 2.17. The van der Waals surface area contributed by atoms with Crippen molar-refractivity contribution in [3.63, 3.8) is 0 Å². The number of aromatic nitrogens is 2. The second-order valence-electron chi connectivity index (χ2n) is 6.00. The first-order valence-corrected chi connectivity index (χ1v) is 10.3. The summed E-state index contributed by atoms with van der Waals surface area (Å²) in [6.45, 7) is 3.81. The van der Waals surface area contributed by atoms with Gasteiger partial charge < -0.3 is 5.32 Å². The summed E-state index contributed by atoms with van der Waals surface area (Å²) in [5, 5.41) is 12.4. The van der Waals surface area contributed by atoms with E-state index in [0.29, 0.717) is 15.8 Å². The van der Waals surface area contributed by atoms with E-state index in [0.717, 1.165) is 11.4 Å². The van der Waals surface area contributed by atoms with Gasteiger partial charge in [-0.05, 0) is 66.2 Å². The number of hydrogen-bond donors (Lipinski definition) is 2. The van der Waals surface area contributed by atoms with Crippen LogP contribution in [0.5, 0.6) is 0 Å². The van der Waals surface area contributed by atoms with Gasteiger partial charge in [0, 0.05) is 10.2 Å². The number of aryl methyl sites for hydroxylation is 2. The third-order valence-electron chi connectivity index (χ3n) is 3.90. The number of primary sulfonamides is 1. The number of halogens is 1. The number of para-hydroxylation sites is 2. The van der Waals surface area contributed by atoms with Crippen molar-refractivity contribution in [2.24, 2.45) is 5.14 Å². The van der Waals surface area contributed by atoms with E-state index in [-0.39, 0.29) is 10.5 Å². The third kappa shape index (κ3) is 4.10. The van der Waals surface area contributed by atoms with E-state index in [2.05, 4.69) is 26.3 Å². The molecule has 0 atom stereocenters. The fraction of sp³-hybridized carbons (Fsp3) is 0.111. The predicted molar refractivity (Wildman–Crippen MR) is 107 cm³/mol. The van der Waals surface area contributed by atoms with Crippen molar-refractivity contribution < 1.29 is 13.2 Å². The van der Waals surface area contributed by atoms with Crippen LogP contribution in [0.4, 0.5) is 5.69 Å². The number of amides is 1. The Morgan fingerprint density at radius 3 is 2.48 bits per heavy atom. The van der Waals surface area contributed by atoms with Crippen LogP contribution < -0.4 is 10.5 Å². The van der Waals surface area contributed by atoms with Crippen LogP contribution in [0, 0.1) is 13.8 Å². The summed E-state index contributed by atoms with van der Waals surface area (Å²) in [7, 11) is -3.92. The van der Waals surface area contributed by atoms with Gasteiger partial charge in [0.15, 0.2) is 0 Å². The Bertz CT molecular complexity index is 1140. The Kier molecular flexibility index (Phi) is 5.18. The topological polar surface area (TPSA) is 107 Å². The van der Waals surface area contributed by atoms with Crippen molar-refractivity contribution in [2.45, 2.75) is 18.7 Å². The van der Waals surface area contributed by atoms with Crippen LogP contribution in [0.1, 0.15) is 21.7 Å². The lowest BCUT2D eigenvalue weighted by Gasteiger charge is -2.13. The molecule has 1 heterocycles. The molecule has 0 unspecified atom stereocenters. The molecule has 0 aliphatic rings. The van der Waals surface area contributed by atoms with E-state index in [1.165, 1.54) is 18.2 Å². The quantitative estimate of drug-likeness (QED) is 0.638. The first-order valence-electron chi connectivity index (χ1n) is 7.93. The summed E-state index contributed by atoms with van der Waals surface area (Å²) < 4.78 is 25.3. The minimum absolute atomic E-state index is 0.136. The van der Waals surface area contributed by atoms with Crippen molar-refractivity contribution in [3.05, 3.63) is 70.0 Å². The third-order valence-corrected chi connectivity index (χ3v) is 5.50. The summed E-state index contributed by atoms with van der Waals surface area (Å²) >= 11 is 3.28. The Morgan fingerprint density at radius 1 is 1.15 bits per heavy atom. The molecule has 1 aromatic heterocycles. The number of benzene rings is 2. The molecule has 9 heteroatoms. The number of rotatable bonds is 4. The molecule has 2 aromatic carbocycles. The second-order valence-corrected chi connectivity index (χ2v) is 8.41. The lowest BCUT2D eigenvalue weighted by molar-refractivity contribution is 0.102. The van der Waals surface area contributed by atoms with Crippen LogP contribution in [0.15, 0.2) is 57.9 Å². The number of nitrogens with two attached hydrogens (primary N) is 1. The number of nitrogens with zero attached hydrogens (tertiary/aromatic N) is 2. The van der Waals surface area contributed by atoms with Crippen LogP contribution in [0.25, 0.3) is 5.69 Å². The van der Waals surface area contributed by atoms with Crippen LogP contribution in [-0.2, 0) is 10.0 Å². The fourth-order valence-corrected chi connectivity index (χ4v) is 3.65. The molecule has 0 saturated carbocycles. The molecule has 0 aliphatic heterocycles. The summed E-state index contributed by atoms with van der Waals surface area (Å²) in [6.07, 6.45) is 0. The van der Waals surface area contributed by atoms with Gasteiger partial charge in [0.1, 0.15) is 0 Å². The molecule has 0 spiro atoms. The van der Waals surface area contributed by atoms with Crippen molar-refractivity contribution in [1.82, 2.24) is 9.78 Å². The summed E-state index contributed by atoms with van der Waals surface area (Å²) in [5.74, 6) is -0.471. The smallest absolute Gasteiger partial charge is 0.256 e. The first kappa shape index (κ1) is 19.3. The highest BCUT2D eigenvalue weighted by molar-refractivity contribution is 9.10. The van der Waals surface area contributed by atoms with E-state index in [1.807, 2.05) is 32.0 Å². The average molecular weight is 449 g/mol. The largest absolute Gasteiger partial charge is 0.320 e. The van der Waals surface area contributed by atoms with Gasteiger partial charge in [-0.3, -0.25) is 4.79 Å². The molecule has 140 valence electrons. The molecule has 3 rings (SSSR count). The zero-order valence-electron chi connectivity index (χ0n) is 14.6. The van der Waals surface area contributed by atoms with Gasteiger partial charge in [-0.2, -0.15) is 5.10 Å². The monoisotopic (exact) mass is 448 g/mol. The van der Waals surface area contributed by atoms with E-state index < -0.39 is 15.9 Å². The summed E-state index contributed by atoms with van der Waals surface area (Å²) in [6, 6.07) is 13.2. The maximum absolute atomic E-state index is 12.8. The molecular formula is C18H17BrN4O3S. The normalized spacial score (nSPS) is 11.4. The maximum Gasteiger partial charge on any atom is 0.256 e. The molecule has 3 aromatic rings. The molecule has 7 nitrogen and oxygen atoms in total. The lowest BCUT2D eigenvalue weighted by atomic mass is 10.2. The van der Waals surface area contributed by atoms with Crippen molar-refractivity contribution >= 4 is 37.5 Å². The Morgan fingerprint density at radius 2 is 1.85 bits per heavy atom. The average Bonchev–Trinajstić information content (AvgIpc) is 2.92. The summed E-state index contributed by atoms with van der Waals surface area (Å²) in [5.41, 5.74) is 3.19. The SMILES string of the molecule is Cc1cc(C)n(-c2ccccc2NC(=O)c2cc(S(N)(=O)=O)ccc2Br)n1. The molecule has 0 fully saturated rings. The van der Waals surface area contributed by atoms with Crippen molar-refractivity contribution in [3.8, 4) is 5.69 Å². The van der Waals surface area contributed by atoms with Gasteiger partial charge in [0.2, 0.25) is 10.0 Å². The number of sulfonamides is 1. The van der Waals surface area contributed by atoms with Crippen LogP contribution in [0.3, 0.4) is 0 Å². The Hall–Kier alpha value is -2.49. The number of anilines is 1. The van der Waals surface area contributed by atoms with Gasteiger partial charge in [0.05, 0.1) is 27.5 Å². The van der Waals surface area contributed by atoms with E-state index >= 15 is 0 Å². The standard InChI is InChI=1S/C18H17BrN4O3S/c1-11-9-12(2)23(22-11)17-6-4-3-5-16(17)21-18(24)14-10-13(27(20,25)26)7-8-15(14)19/h3-10H,1-2H3,(H,21,24)(H2,20,25,26).